The van der Waals surface area contributed by atoms with Gasteiger partial charge in [0, 0.05) is 24.9 Å². The molecule has 1 aliphatic heterocycles. The Morgan fingerprint density at radius 3 is 2.58 bits per heavy atom. The first-order valence-corrected chi connectivity index (χ1v) is 12.9. The van der Waals surface area contributed by atoms with E-state index in [2.05, 4.69) is 42.3 Å². The van der Waals surface area contributed by atoms with Gasteiger partial charge in [0.15, 0.2) is 15.0 Å². The second-order valence-corrected chi connectivity index (χ2v) is 11.3. The van der Waals surface area contributed by atoms with Gasteiger partial charge >= 0.3 is 0 Å². The van der Waals surface area contributed by atoms with E-state index in [1.165, 1.54) is 28.8 Å². The van der Waals surface area contributed by atoms with Crippen molar-refractivity contribution in [1.29, 1.82) is 0 Å². The lowest BCUT2D eigenvalue weighted by Crippen LogP contribution is -2.39. The zero-order valence-electron chi connectivity index (χ0n) is 18.1. The molecule has 0 saturated carbocycles. The predicted molar refractivity (Wildman–Crippen MR) is 124 cm³/mol. The molecule has 7 heteroatoms. The topological polar surface area (TPSA) is 50.3 Å². The van der Waals surface area contributed by atoms with Crippen LogP contribution in [0, 0.1) is 26.6 Å². The summed E-state index contributed by atoms with van der Waals surface area (Å²) in [6.07, 6.45) is 1.84. The van der Waals surface area contributed by atoms with Crippen molar-refractivity contribution in [2.45, 2.75) is 50.2 Å². The number of hydrogen-bond donors (Lipinski definition) is 0. The molecule has 164 valence electrons. The normalized spacial score (nSPS) is 15.4. The van der Waals surface area contributed by atoms with E-state index in [-0.39, 0.29) is 4.90 Å². The Balaban J connectivity index is 1.44. The Morgan fingerprint density at radius 2 is 1.84 bits per heavy atom. The van der Waals surface area contributed by atoms with E-state index in [0.717, 1.165) is 23.3 Å². The Morgan fingerprint density at radius 1 is 1.10 bits per heavy atom. The van der Waals surface area contributed by atoms with Gasteiger partial charge in [-0.2, -0.15) is 0 Å². The maximum atomic E-state index is 13.7. The highest BCUT2D eigenvalue weighted by atomic mass is 32.2. The number of hydrogen-bond acceptors (Lipinski definition) is 5. The van der Waals surface area contributed by atoms with E-state index in [9.17, 15) is 12.8 Å². The fraction of sp³-hybridized carbons (Fsp3) is 0.375. The minimum absolute atomic E-state index is 0.121. The van der Waals surface area contributed by atoms with Crippen LogP contribution >= 0.6 is 11.3 Å². The molecule has 0 atom stereocenters. The summed E-state index contributed by atoms with van der Waals surface area (Å²) in [5, 5.41) is 2.55. The molecule has 0 N–H and O–H groups in total. The molecule has 0 amide bonds. The molecule has 0 bridgehead atoms. The fourth-order valence-corrected chi connectivity index (χ4v) is 7.00. The molecule has 0 unspecified atom stereocenters. The highest BCUT2D eigenvalue weighted by molar-refractivity contribution is 7.92. The van der Waals surface area contributed by atoms with E-state index in [0.29, 0.717) is 31.5 Å². The van der Waals surface area contributed by atoms with Crippen LogP contribution in [-0.2, 0) is 16.3 Å². The van der Waals surface area contributed by atoms with Crippen LogP contribution in [0.15, 0.2) is 46.7 Å². The van der Waals surface area contributed by atoms with Gasteiger partial charge in [0.05, 0.1) is 15.8 Å². The maximum absolute atomic E-state index is 13.7. The van der Waals surface area contributed by atoms with Crippen molar-refractivity contribution in [3.8, 4) is 0 Å². The smallest absolute Gasteiger partial charge is 0.185 e. The lowest BCUT2D eigenvalue weighted by Gasteiger charge is -2.31. The van der Waals surface area contributed by atoms with Crippen LogP contribution in [0.1, 0.15) is 40.8 Å². The van der Waals surface area contributed by atoms with Crippen LogP contribution in [0.3, 0.4) is 0 Å². The minimum Gasteiger partial charge on any atom is -0.348 e. The van der Waals surface area contributed by atoms with E-state index in [1.54, 1.807) is 18.3 Å². The van der Waals surface area contributed by atoms with Crippen LogP contribution in [0.2, 0.25) is 0 Å². The number of aryl methyl sites for hydroxylation is 2. The number of sulfone groups is 1. The number of piperidine rings is 1. The van der Waals surface area contributed by atoms with Crippen LogP contribution in [0.4, 0.5) is 9.52 Å². The zero-order valence-corrected chi connectivity index (χ0v) is 19.7. The van der Waals surface area contributed by atoms with E-state index < -0.39 is 20.9 Å². The van der Waals surface area contributed by atoms with Gasteiger partial charge in [0.25, 0.3) is 0 Å². The number of thiazole rings is 1. The molecule has 0 spiro atoms. The summed E-state index contributed by atoms with van der Waals surface area (Å²) >= 11 is 1.61. The van der Waals surface area contributed by atoms with Crippen LogP contribution in [0.25, 0.3) is 0 Å². The summed E-state index contributed by atoms with van der Waals surface area (Å²) in [5.74, 6) is -0.513. The van der Waals surface area contributed by atoms with Crippen molar-refractivity contribution >= 4 is 26.3 Å². The summed E-state index contributed by atoms with van der Waals surface area (Å²) < 4.78 is 39.8. The van der Waals surface area contributed by atoms with Crippen molar-refractivity contribution in [2.75, 3.05) is 18.0 Å². The first-order valence-electron chi connectivity index (χ1n) is 10.5. The molecule has 1 saturated heterocycles. The predicted octanol–water partition coefficient (Wildman–Crippen LogP) is 5.24. The summed E-state index contributed by atoms with van der Waals surface area (Å²) in [7, 11) is -3.55. The van der Waals surface area contributed by atoms with Crippen LogP contribution in [-0.4, -0.2) is 31.7 Å². The summed E-state index contributed by atoms with van der Waals surface area (Å²) in [4.78, 5) is 7.11. The summed E-state index contributed by atoms with van der Waals surface area (Å²) in [6, 6.07) is 10.3. The van der Waals surface area contributed by atoms with Gasteiger partial charge in [0.1, 0.15) is 5.82 Å². The molecule has 31 heavy (non-hydrogen) atoms. The van der Waals surface area contributed by atoms with Crippen molar-refractivity contribution in [3.05, 3.63) is 75.5 Å². The van der Waals surface area contributed by atoms with Gasteiger partial charge in [-0.05, 0) is 68.0 Å². The zero-order chi connectivity index (χ0) is 22.2. The highest BCUT2D eigenvalue weighted by Crippen LogP contribution is 2.31. The van der Waals surface area contributed by atoms with Crippen molar-refractivity contribution in [3.63, 3.8) is 0 Å². The van der Waals surface area contributed by atoms with Crippen LogP contribution in [0.5, 0.6) is 0 Å². The Labute approximate surface area is 187 Å². The SMILES string of the molecule is Cc1ccc(F)cc1S(=O)(=O)C1CCN(c2nc(Cc3cccc(C)c3C)cs2)CC1. The van der Waals surface area contributed by atoms with Crippen molar-refractivity contribution in [1.82, 2.24) is 4.98 Å². The molecular weight excluding hydrogens is 431 g/mol. The average molecular weight is 459 g/mol. The molecule has 0 radical (unpaired) electrons. The van der Waals surface area contributed by atoms with Gasteiger partial charge in [-0.15, -0.1) is 11.3 Å². The largest absolute Gasteiger partial charge is 0.348 e. The Bertz CT molecular complexity index is 1200. The van der Waals surface area contributed by atoms with Gasteiger partial charge in [0.2, 0.25) is 0 Å². The second-order valence-electron chi connectivity index (χ2n) is 8.30. The molecule has 0 aliphatic carbocycles. The molecule has 2 aromatic carbocycles. The molecule has 3 aromatic rings. The number of halogens is 1. The standard InChI is InChI=1S/C24H27FN2O2S2/c1-16-5-4-6-19(18(16)3)13-21-15-30-24(26-21)27-11-9-22(10-12-27)31(28,29)23-14-20(25)8-7-17(23)2/h4-8,14-15,22H,9-13H2,1-3H3. The van der Waals surface area contributed by atoms with E-state index >= 15 is 0 Å². The lowest BCUT2D eigenvalue weighted by molar-refractivity contribution is 0.527. The monoisotopic (exact) mass is 458 g/mol. The van der Waals surface area contributed by atoms with Crippen LogP contribution < -0.4 is 4.90 Å². The highest BCUT2D eigenvalue weighted by Gasteiger charge is 2.33. The van der Waals surface area contributed by atoms with Gasteiger partial charge in [-0.25, -0.2) is 17.8 Å². The molecule has 2 heterocycles. The lowest BCUT2D eigenvalue weighted by atomic mass is 10.0. The number of benzene rings is 2. The molecule has 1 aromatic heterocycles. The first kappa shape index (κ1) is 22.0. The average Bonchev–Trinajstić information content (AvgIpc) is 3.22. The molecule has 4 rings (SSSR count). The number of nitrogens with zero attached hydrogens (tertiary/aromatic N) is 2. The van der Waals surface area contributed by atoms with Gasteiger partial charge in [-0.1, -0.05) is 24.3 Å². The number of anilines is 1. The maximum Gasteiger partial charge on any atom is 0.185 e. The van der Waals surface area contributed by atoms with E-state index in [1.807, 2.05) is 0 Å². The molecule has 1 aliphatic rings. The summed E-state index contributed by atoms with van der Waals surface area (Å²) in [6.45, 7) is 7.25. The third-order valence-electron chi connectivity index (χ3n) is 6.24. The first-order chi connectivity index (χ1) is 14.8. The van der Waals surface area contributed by atoms with Gasteiger partial charge in [-0.3, -0.25) is 0 Å². The fourth-order valence-electron chi connectivity index (χ4n) is 4.14. The van der Waals surface area contributed by atoms with Crippen molar-refractivity contribution in [2.24, 2.45) is 0 Å². The third-order valence-corrected chi connectivity index (χ3v) is 9.59. The summed E-state index contributed by atoms with van der Waals surface area (Å²) in [5.41, 5.74) is 5.51. The quantitative estimate of drug-likeness (QED) is 0.525. The molecule has 4 nitrogen and oxygen atoms in total. The Kier molecular flexibility index (Phi) is 6.17. The Hall–Kier alpha value is -2.25. The minimum atomic E-state index is -3.55. The molecule has 1 fully saturated rings. The third kappa shape index (κ3) is 4.53. The second kappa shape index (κ2) is 8.71. The number of rotatable bonds is 5. The van der Waals surface area contributed by atoms with E-state index in [4.69, 9.17) is 4.98 Å². The van der Waals surface area contributed by atoms with Crippen molar-refractivity contribution < 1.29 is 12.8 Å². The molecular formula is C24H27FN2O2S2. The van der Waals surface area contributed by atoms with Gasteiger partial charge < -0.3 is 4.90 Å². The number of aromatic nitrogens is 1.